The minimum atomic E-state index is -0.228. The van der Waals surface area contributed by atoms with Gasteiger partial charge in [-0.2, -0.15) is 0 Å². The number of hydrogen-bond donors (Lipinski definition) is 1. The van der Waals surface area contributed by atoms with Gasteiger partial charge in [0.15, 0.2) is 5.96 Å². The maximum absolute atomic E-state index is 12.6. The van der Waals surface area contributed by atoms with E-state index in [2.05, 4.69) is 37.6 Å². The fraction of sp³-hybridized carbons (Fsp3) is 0.714. The Labute approximate surface area is 206 Å². The number of carbonyl (C=O) groups excluding carboxylic acids is 1. The number of piperazine rings is 1. The Morgan fingerprint density at radius 2 is 1.94 bits per heavy atom. The highest BCUT2D eigenvalue weighted by Gasteiger charge is 2.31. The molecule has 4 heterocycles. The van der Waals surface area contributed by atoms with Crippen LogP contribution in [0.3, 0.4) is 0 Å². The number of ether oxygens (including phenoxy) is 2. The Balaban J connectivity index is 0.00000272. The second-order valence-corrected chi connectivity index (χ2v) is 8.90. The van der Waals surface area contributed by atoms with E-state index in [0.29, 0.717) is 12.6 Å². The third-order valence-corrected chi connectivity index (χ3v) is 7.09. The fourth-order valence-corrected chi connectivity index (χ4v) is 5.28. The molecule has 3 saturated heterocycles. The van der Waals surface area contributed by atoms with Crippen LogP contribution < -0.4 is 5.32 Å². The van der Waals surface area contributed by atoms with Gasteiger partial charge in [0, 0.05) is 64.3 Å². The van der Waals surface area contributed by atoms with E-state index in [1.54, 1.807) is 11.3 Å². The van der Waals surface area contributed by atoms with Crippen molar-refractivity contribution in [2.45, 2.75) is 25.0 Å². The number of thiophene rings is 1. The number of morpholine rings is 1. The lowest BCUT2D eigenvalue weighted by Crippen LogP contribution is -2.56. The largest absolute Gasteiger partial charge is 0.379 e. The zero-order chi connectivity index (χ0) is 20.8. The zero-order valence-electron chi connectivity index (χ0n) is 18.2. The van der Waals surface area contributed by atoms with Gasteiger partial charge in [-0.3, -0.25) is 14.7 Å². The molecule has 3 aliphatic rings. The van der Waals surface area contributed by atoms with E-state index in [9.17, 15) is 4.79 Å². The normalized spacial score (nSPS) is 24.0. The van der Waals surface area contributed by atoms with Crippen molar-refractivity contribution in [2.75, 3.05) is 72.7 Å². The first kappa shape index (κ1) is 24.7. The van der Waals surface area contributed by atoms with Gasteiger partial charge in [-0.15, -0.1) is 35.3 Å². The maximum Gasteiger partial charge on any atom is 0.251 e. The number of halogens is 1. The molecule has 1 aromatic heterocycles. The van der Waals surface area contributed by atoms with Crippen LogP contribution in [0, 0.1) is 0 Å². The molecule has 3 aliphatic heterocycles. The Kier molecular flexibility index (Phi) is 9.82. The van der Waals surface area contributed by atoms with Gasteiger partial charge >= 0.3 is 0 Å². The van der Waals surface area contributed by atoms with Crippen LogP contribution in [0.2, 0.25) is 0 Å². The molecular formula is C21H34IN5O3S. The van der Waals surface area contributed by atoms with E-state index in [1.165, 1.54) is 4.88 Å². The van der Waals surface area contributed by atoms with Crippen molar-refractivity contribution in [1.82, 2.24) is 20.0 Å². The van der Waals surface area contributed by atoms with Crippen molar-refractivity contribution in [3.63, 3.8) is 0 Å². The number of aliphatic imine (C=N–C) groups is 1. The highest BCUT2D eigenvalue weighted by atomic mass is 127. The topological polar surface area (TPSA) is 69.6 Å². The van der Waals surface area contributed by atoms with Crippen LogP contribution in [0.15, 0.2) is 22.5 Å². The molecule has 1 aromatic rings. The molecule has 1 N–H and O–H groups in total. The summed E-state index contributed by atoms with van der Waals surface area (Å²) in [5, 5.41) is 5.74. The number of guanidine groups is 1. The van der Waals surface area contributed by atoms with Crippen LogP contribution in [0.4, 0.5) is 0 Å². The monoisotopic (exact) mass is 563 g/mol. The summed E-state index contributed by atoms with van der Waals surface area (Å²) in [6, 6.07) is 4.64. The summed E-state index contributed by atoms with van der Waals surface area (Å²) in [6.45, 7) is 8.02. The van der Waals surface area contributed by atoms with E-state index < -0.39 is 0 Å². The second kappa shape index (κ2) is 12.3. The lowest BCUT2D eigenvalue weighted by molar-refractivity contribution is -0.142. The summed E-state index contributed by atoms with van der Waals surface area (Å²) in [5.74, 6) is 1.06. The van der Waals surface area contributed by atoms with Gasteiger partial charge in [-0.05, 0) is 24.3 Å². The number of nitrogens with zero attached hydrogens (tertiary/aromatic N) is 4. The highest BCUT2D eigenvalue weighted by molar-refractivity contribution is 14.0. The molecule has 0 saturated carbocycles. The quantitative estimate of drug-likeness (QED) is 0.334. The minimum Gasteiger partial charge on any atom is -0.379 e. The molecule has 1 amide bonds. The summed E-state index contributed by atoms with van der Waals surface area (Å²) >= 11 is 1.80. The molecule has 2 unspecified atom stereocenters. The number of amides is 1. The molecule has 0 radical (unpaired) electrons. The van der Waals surface area contributed by atoms with E-state index in [0.717, 1.165) is 77.8 Å². The molecule has 174 valence electrons. The average Bonchev–Trinajstić information content (AvgIpc) is 3.52. The standard InChI is InChI=1S/C21H33N5O3S.HI/c1-22-21(26-8-6-25(7-9-26)20(27)18-4-2-12-29-18)23-16-17(19-5-3-15-30-19)24-10-13-28-14-11-24;/h3,5,15,17-18H,2,4,6-14,16H2,1H3,(H,22,23);1H. The fourth-order valence-electron chi connectivity index (χ4n) is 4.41. The number of carbonyl (C=O) groups is 1. The summed E-state index contributed by atoms with van der Waals surface area (Å²) in [5.41, 5.74) is 0. The number of rotatable bonds is 5. The Morgan fingerprint density at radius 1 is 1.19 bits per heavy atom. The van der Waals surface area contributed by atoms with Crippen molar-refractivity contribution < 1.29 is 14.3 Å². The second-order valence-electron chi connectivity index (χ2n) is 7.92. The van der Waals surface area contributed by atoms with Gasteiger partial charge in [0.05, 0.1) is 19.3 Å². The summed E-state index contributed by atoms with van der Waals surface area (Å²) in [6.07, 6.45) is 1.61. The molecule has 3 fully saturated rings. The molecule has 0 aliphatic carbocycles. The van der Waals surface area contributed by atoms with Crippen LogP contribution in [0.5, 0.6) is 0 Å². The molecular weight excluding hydrogens is 529 g/mol. The van der Waals surface area contributed by atoms with E-state index in [1.807, 2.05) is 11.9 Å². The van der Waals surface area contributed by atoms with Crippen molar-refractivity contribution in [3.8, 4) is 0 Å². The smallest absolute Gasteiger partial charge is 0.251 e. The van der Waals surface area contributed by atoms with Crippen molar-refractivity contribution in [3.05, 3.63) is 22.4 Å². The first-order valence-electron chi connectivity index (χ1n) is 11.0. The first-order chi connectivity index (χ1) is 14.8. The van der Waals surface area contributed by atoms with Crippen LogP contribution in [0.1, 0.15) is 23.8 Å². The SMILES string of the molecule is CN=C(NCC(c1cccs1)N1CCOCC1)N1CCN(C(=O)C2CCCO2)CC1.I. The molecule has 0 spiro atoms. The van der Waals surface area contributed by atoms with Crippen molar-refractivity contribution in [1.29, 1.82) is 0 Å². The number of hydrogen-bond acceptors (Lipinski definition) is 6. The van der Waals surface area contributed by atoms with Gasteiger partial charge in [0.1, 0.15) is 6.10 Å². The van der Waals surface area contributed by atoms with E-state index in [4.69, 9.17) is 9.47 Å². The first-order valence-corrected chi connectivity index (χ1v) is 11.9. The summed E-state index contributed by atoms with van der Waals surface area (Å²) < 4.78 is 11.1. The van der Waals surface area contributed by atoms with Gasteiger partial charge in [-0.1, -0.05) is 6.07 Å². The van der Waals surface area contributed by atoms with Crippen LogP contribution >= 0.6 is 35.3 Å². The lowest BCUT2D eigenvalue weighted by atomic mass is 10.2. The lowest BCUT2D eigenvalue weighted by Gasteiger charge is -2.38. The Morgan fingerprint density at radius 3 is 2.55 bits per heavy atom. The summed E-state index contributed by atoms with van der Waals surface area (Å²) in [7, 11) is 1.83. The molecule has 4 rings (SSSR count). The molecule has 0 aromatic carbocycles. The molecule has 10 heteroatoms. The molecule has 0 bridgehead atoms. The van der Waals surface area contributed by atoms with Gasteiger partial charge < -0.3 is 24.6 Å². The Hall–Kier alpha value is -0.950. The van der Waals surface area contributed by atoms with Crippen molar-refractivity contribution >= 4 is 47.2 Å². The maximum atomic E-state index is 12.6. The van der Waals surface area contributed by atoms with Gasteiger partial charge in [0.25, 0.3) is 5.91 Å². The molecule has 8 nitrogen and oxygen atoms in total. The minimum absolute atomic E-state index is 0. The van der Waals surface area contributed by atoms with Crippen LogP contribution in [0.25, 0.3) is 0 Å². The summed E-state index contributed by atoms with van der Waals surface area (Å²) in [4.78, 5) is 25.2. The van der Waals surface area contributed by atoms with Crippen molar-refractivity contribution in [2.24, 2.45) is 4.99 Å². The third-order valence-electron chi connectivity index (χ3n) is 6.12. The predicted molar refractivity (Wildman–Crippen MR) is 133 cm³/mol. The van der Waals surface area contributed by atoms with E-state index in [-0.39, 0.29) is 36.0 Å². The van der Waals surface area contributed by atoms with Crippen LogP contribution in [-0.2, 0) is 14.3 Å². The van der Waals surface area contributed by atoms with Gasteiger partial charge in [-0.25, -0.2) is 0 Å². The average molecular weight is 564 g/mol. The molecule has 31 heavy (non-hydrogen) atoms. The molecule has 2 atom stereocenters. The predicted octanol–water partition coefficient (Wildman–Crippen LogP) is 1.64. The van der Waals surface area contributed by atoms with E-state index >= 15 is 0 Å². The highest BCUT2D eigenvalue weighted by Crippen LogP contribution is 2.25. The Bertz CT molecular complexity index is 700. The third kappa shape index (κ3) is 6.31. The number of nitrogens with one attached hydrogen (secondary N) is 1. The van der Waals surface area contributed by atoms with Gasteiger partial charge in [0.2, 0.25) is 0 Å². The van der Waals surface area contributed by atoms with Crippen LogP contribution in [-0.4, -0.2) is 105 Å². The zero-order valence-corrected chi connectivity index (χ0v) is 21.3.